The van der Waals surface area contributed by atoms with Gasteiger partial charge in [-0.05, 0) is 50.0 Å². The van der Waals surface area contributed by atoms with Crippen molar-refractivity contribution >= 4 is 29.9 Å². The van der Waals surface area contributed by atoms with Gasteiger partial charge < -0.3 is 15.8 Å². The summed E-state index contributed by atoms with van der Waals surface area (Å²) in [5.41, 5.74) is 7.24. The first-order valence-electron chi connectivity index (χ1n) is 8.66. The molecule has 1 aliphatic rings. The van der Waals surface area contributed by atoms with Crippen molar-refractivity contribution in [3.63, 3.8) is 0 Å². The number of aliphatic imine (C=N–C) groups is 1. The van der Waals surface area contributed by atoms with Crippen LogP contribution in [0.3, 0.4) is 0 Å². The minimum absolute atomic E-state index is 0. The Hall–Kier alpha value is -1.02. The number of ether oxygens (including phenoxy) is 1. The second-order valence-electron chi connectivity index (χ2n) is 6.04. The Morgan fingerprint density at radius 1 is 1.38 bits per heavy atom. The Kier molecular flexibility index (Phi) is 10.1. The van der Waals surface area contributed by atoms with Gasteiger partial charge in [0.15, 0.2) is 5.96 Å². The number of rotatable bonds is 8. The molecule has 1 aromatic rings. The molecular weight excluding hydrogens is 415 g/mol. The van der Waals surface area contributed by atoms with Crippen molar-refractivity contribution in [2.24, 2.45) is 10.7 Å². The summed E-state index contributed by atoms with van der Waals surface area (Å²) >= 11 is 0. The van der Waals surface area contributed by atoms with E-state index in [0.29, 0.717) is 12.5 Å². The predicted octanol–water partition coefficient (Wildman–Crippen LogP) is 3.15. The number of halogens is 1. The number of likely N-dealkylation sites (tertiary alicyclic amines) is 1. The van der Waals surface area contributed by atoms with Crippen LogP contribution in [-0.2, 0) is 0 Å². The third kappa shape index (κ3) is 6.47. The van der Waals surface area contributed by atoms with E-state index in [9.17, 15) is 0 Å². The zero-order chi connectivity index (χ0) is 16.5. The van der Waals surface area contributed by atoms with E-state index < -0.39 is 0 Å². The Labute approximate surface area is 163 Å². The number of nitrogens with one attached hydrogen (secondary N) is 1. The third-order valence-corrected chi connectivity index (χ3v) is 4.33. The molecule has 1 aliphatic heterocycles. The highest BCUT2D eigenvalue weighted by atomic mass is 127. The molecule has 0 saturated carbocycles. The van der Waals surface area contributed by atoms with Crippen molar-refractivity contribution in [1.82, 2.24) is 10.2 Å². The SMILES string of the molecule is CCCCNC(N)=NCC(c1cccc(OC)c1)N1CCCC1.I. The fourth-order valence-electron chi connectivity index (χ4n) is 2.97. The number of nitrogens with two attached hydrogens (primary N) is 1. The number of benzene rings is 1. The van der Waals surface area contributed by atoms with Crippen LogP contribution in [0.4, 0.5) is 0 Å². The van der Waals surface area contributed by atoms with Gasteiger partial charge in [-0.3, -0.25) is 9.89 Å². The lowest BCUT2D eigenvalue weighted by molar-refractivity contribution is 0.251. The predicted molar refractivity (Wildman–Crippen MR) is 111 cm³/mol. The summed E-state index contributed by atoms with van der Waals surface area (Å²) in [6.45, 7) is 5.99. The summed E-state index contributed by atoms with van der Waals surface area (Å²) in [6.07, 6.45) is 4.78. The van der Waals surface area contributed by atoms with Crippen molar-refractivity contribution in [1.29, 1.82) is 0 Å². The molecule has 1 unspecified atom stereocenters. The normalized spacial score (nSPS) is 16.5. The molecule has 0 amide bonds. The topological polar surface area (TPSA) is 62.9 Å². The molecule has 24 heavy (non-hydrogen) atoms. The highest BCUT2D eigenvalue weighted by molar-refractivity contribution is 14.0. The molecule has 1 saturated heterocycles. The van der Waals surface area contributed by atoms with E-state index in [1.807, 2.05) is 12.1 Å². The lowest BCUT2D eigenvalue weighted by Gasteiger charge is -2.27. The van der Waals surface area contributed by atoms with Gasteiger partial charge >= 0.3 is 0 Å². The van der Waals surface area contributed by atoms with E-state index in [1.54, 1.807) is 7.11 Å². The summed E-state index contributed by atoms with van der Waals surface area (Å²) < 4.78 is 5.37. The van der Waals surface area contributed by atoms with Crippen molar-refractivity contribution < 1.29 is 4.74 Å². The van der Waals surface area contributed by atoms with Crippen LogP contribution < -0.4 is 15.8 Å². The van der Waals surface area contributed by atoms with E-state index in [-0.39, 0.29) is 30.0 Å². The zero-order valence-electron chi connectivity index (χ0n) is 14.8. The van der Waals surface area contributed by atoms with Crippen molar-refractivity contribution in [2.45, 2.75) is 38.6 Å². The summed E-state index contributed by atoms with van der Waals surface area (Å²) in [5, 5.41) is 3.19. The molecule has 136 valence electrons. The van der Waals surface area contributed by atoms with Gasteiger partial charge in [-0.1, -0.05) is 25.5 Å². The molecule has 3 N–H and O–H groups in total. The van der Waals surface area contributed by atoms with Crippen LogP contribution in [-0.4, -0.2) is 44.1 Å². The summed E-state index contributed by atoms with van der Waals surface area (Å²) in [7, 11) is 1.71. The maximum Gasteiger partial charge on any atom is 0.188 e. The van der Waals surface area contributed by atoms with Gasteiger partial charge in [0.05, 0.1) is 19.7 Å². The lowest BCUT2D eigenvalue weighted by atomic mass is 10.1. The van der Waals surface area contributed by atoms with Crippen LogP contribution in [0.2, 0.25) is 0 Å². The van der Waals surface area contributed by atoms with Gasteiger partial charge in [-0.15, -0.1) is 24.0 Å². The monoisotopic (exact) mass is 446 g/mol. The maximum absolute atomic E-state index is 5.99. The van der Waals surface area contributed by atoms with E-state index in [0.717, 1.165) is 38.2 Å². The maximum atomic E-state index is 5.99. The van der Waals surface area contributed by atoms with Gasteiger partial charge in [0, 0.05) is 6.54 Å². The molecule has 1 atom stereocenters. The average molecular weight is 446 g/mol. The van der Waals surface area contributed by atoms with E-state index in [4.69, 9.17) is 10.5 Å². The standard InChI is InChI=1S/C18H30N4O.HI/c1-3-4-10-20-18(19)21-14-17(22-11-5-6-12-22)15-8-7-9-16(13-15)23-2;/h7-9,13,17H,3-6,10-12,14H2,1-2H3,(H3,19,20,21);1H. The van der Waals surface area contributed by atoms with Gasteiger partial charge in [-0.25, -0.2) is 0 Å². The zero-order valence-corrected chi connectivity index (χ0v) is 17.2. The molecule has 1 aromatic carbocycles. The minimum atomic E-state index is 0. The van der Waals surface area contributed by atoms with Crippen LogP contribution in [0.25, 0.3) is 0 Å². The summed E-state index contributed by atoms with van der Waals surface area (Å²) in [4.78, 5) is 7.07. The molecule has 1 heterocycles. The van der Waals surface area contributed by atoms with Gasteiger partial charge in [0.1, 0.15) is 5.75 Å². The summed E-state index contributed by atoms with van der Waals surface area (Å²) in [6, 6.07) is 8.55. The van der Waals surface area contributed by atoms with Gasteiger partial charge in [0.2, 0.25) is 0 Å². The average Bonchev–Trinajstić information content (AvgIpc) is 3.10. The van der Waals surface area contributed by atoms with Gasteiger partial charge in [0.25, 0.3) is 0 Å². The fraction of sp³-hybridized carbons (Fsp3) is 0.611. The Balaban J connectivity index is 0.00000288. The Morgan fingerprint density at radius 3 is 2.79 bits per heavy atom. The second kappa shape index (κ2) is 11.5. The number of unbranched alkanes of at least 4 members (excludes halogenated alkanes) is 1. The molecule has 0 radical (unpaired) electrons. The van der Waals surface area contributed by atoms with Crippen LogP contribution in [0.15, 0.2) is 29.3 Å². The largest absolute Gasteiger partial charge is 0.497 e. The van der Waals surface area contributed by atoms with Gasteiger partial charge in [-0.2, -0.15) is 0 Å². The number of methoxy groups -OCH3 is 1. The first-order chi connectivity index (χ1) is 11.2. The van der Waals surface area contributed by atoms with Crippen molar-refractivity contribution in [2.75, 3.05) is 33.3 Å². The molecule has 0 bridgehead atoms. The molecule has 0 spiro atoms. The molecule has 0 aliphatic carbocycles. The first kappa shape index (κ1) is 21.0. The number of guanidine groups is 1. The lowest BCUT2D eigenvalue weighted by Crippen LogP contribution is -2.34. The Morgan fingerprint density at radius 2 is 2.12 bits per heavy atom. The number of hydrogen-bond donors (Lipinski definition) is 2. The minimum Gasteiger partial charge on any atom is -0.497 e. The molecule has 6 heteroatoms. The van der Waals surface area contributed by atoms with Crippen LogP contribution in [0.5, 0.6) is 5.75 Å². The first-order valence-corrected chi connectivity index (χ1v) is 8.66. The van der Waals surface area contributed by atoms with Crippen LogP contribution in [0, 0.1) is 0 Å². The molecule has 1 fully saturated rings. The van der Waals surface area contributed by atoms with Crippen molar-refractivity contribution in [3.8, 4) is 5.75 Å². The smallest absolute Gasteiger partial charge is 0.188 e. The third-order valence-electron chi connectivity index (χ3n) is 4.33. The summed E-state index contributed by atoms with van der Waals surface area (Å²) in [5.74, 6) is 1.44. The molecular formula is C18H31IN4O. The second-order valence-corrected chi connectivity index (χ2v) is 6.04. The van der Waals surface area contributed by atoms with E-state index in [1.165, 1.54) is 18.4 Å². The molecule has 2 rings (SSSR count). The molecule has 0 aromatic heterocycles. The number of nitrogens with zero attached hydrogens (tertiary/aromatic N) is 2. The molecule has 5 nitrogen and oxygen atoms in total. The Bertz CT molecular complexity index is 504. The van der Waals surface area contributed by atoms with Crippen LogP contribution >= 0.6 is 24.0 Å². The van der Waals surface area contributed by atoms with Crippen LogP contribution in [0.1, 0.15) is 44.2 Å². The van der Waals surface area contributed by atoms with E-state index in [2.05, 4.69) is 34.3 Å². The fourth-order valence-corrected chi connectivity index (χ4v) is 2.97. The highest BCUT2D eigenvalue weighted by Crippen LogP contribution is 2.27. The number of hydrogen-bond acceptors (Lipinski definition) is 3. The van der Waals surface area contributed by atoms with Crippen molar-refractivity contribution in [3.05, 3.63) is 29.8 Å². The quantitative estimate of drug-likeness (QED) is 0.279. The highest BCUT2D eigenvalue weighted by Gasteiger charge is 2.23. The van der Waals surface area contributed by atoms with E-state index >= 15 is 0 Å².